The molecule has 1 amide bonds. The Kier molecular flexibility index (Phi) is 4.29. The van der Waals surface area contributed by atoms with E-state index in [0.717, 1.165) is 11.0 Å². The summed E-state index contributed by atoms with van der Waals surface area (Å²) in [5.41, 5.74) is 2.16. The summed E-state index contributed by atoms with van der Waals surface area (Å²) in [7, 11) is 0. The minimum absolute atomic E-state index is 0.0557. The molecule has 0 spiro atoms. The van der Waals surface area contributed by atoms with Crippen LogP contribution in [0, 0.1) is 0 Å². The van der Waals surface area contributed by atoms with Gasteiger partial charge in [0.05, 0.1) is 11.0 Å². The quantitative estimate of drug-likeness (QED) is 0.706. The van der Waals surface area contributed by atoms with Crippen LogP contribution in [-0.2, 0) is 4.79 Å². The van der Waals surface area contributed by atoms with Crippen molar-refractivity contribution in [1.29, 1.82) is 0 Å². The Morgan fingerprint density at radius 2 is 1.96 bits per heavy atom. The summed E-state index contributed by atoms with van der Waals surface area (Å²) in [6.45, 7) is 3.12. The SMILES string of the molecule is CC(=O)c1cccc(O[C@@H](C)C(=O)Nc2nc3ccccc3[nH]2)c1. The summed E-state index contributed by atoms with van der Waals surface area (Å²) in [5, 5.41) is 2.69. The number of H-pyrrole nitrogens is 1. The van der Waals surface area contributed by atoms with Crippen LogP contribution >= 0.6 is 0 Å². The van der Waals surface area contributed by atoms with Crippen molar-refractivity contribution in [2.75, 3.05) is 5.32 Å². The molecular formula is C18H17N3O3. The average Bonchev–Trinajstić information content (AvgIpc) is 2.97. The lowest BCUT2D eigenvalue weighted by atomic mass is 10.1. The molecule has 0 radical (unpaired) electrons. The van der Waals surface area contributed by atoms with Gasteiger partial charge in [-0.15, -0.1) is 0 Å². The number of amides is 1. The maximum absolute atomic E-state index is 12.2. The number of nitrogens with zero attached hydrogens (tertiary/aromatic N) is 1. The Balaban J connectivity index is 1.68. The minimum atomic E-state index is -0.736. The summed E-state index contributed by atoms with van der Waals surface area (Å²) in [6.07, 6.45) is -0.736. The van der Waals surface area contributed by atoms with Gasteiger partial charge in [-0.05, 0) is 38.1 Å². The van der Waals surface area contributed by atoms with Gasteiger partial charge in [-0.2, -0.15) is 0 Å². The van der Waals surface area contributed by atoms with Crippen molar-refractivity contribution < 1.29 is 14.3 Å². The lowest BCUT2D eigenvalue weighted by Gasteiger charge is -2.14. The molecule has 6 heteroatoms. The number of aromatic amines is 1. The predicted molar refractivity (Wildman–Crippen MR) is 91.3 cm³/mol. The number of fused-ring (bicyclic) bond motifs is 1. The molecule has 122 valence electrons. The Morgan fingerprint density at radius 3 is 2.71 bits per heavy atom. The first-order chi connectivity index (χ1) is 11.5. The van der Waals surface area contributed by atoms with E-state index in [1.54, 1.807) is 31.2 Å². The molecule has 1 aromatic heterocycles. The van der Waals surface area contributed by atoms with Gasteiger partial charge in [-0.25, -0.2) is 4.98 Å². The zero-order valence-corrected chi connectivity index (χ0v) is 13.4. The molecule has 3 aromatic rings. The molecule has 6 nitrogen and oxygen atoms in total. The van der Waals surface area contributed by atoms with E-state index in [1.807, 2.05) is 24.3 Å². The normalized spacial score (nSPS) is 11.9. The van der Waals surface area contributed by atoms with Crippen molar-refractivity contribution in [2.45, 2.75) is 20.0 Å². The first kappa shape index (κ1) is 15.7. The fraction of sp³-hybridized carbons (Fsp3) is 0.167. The van der Waals surface area contributed by atoms with Gasteiger partial charge in [-0.3, -0.25) is 14.9 Å². The Hall–Kier alpha value is -3.15. The van der Waals surface area contributed by atoms with E-state index < -0.39 is 6.10 Å². The highest BCUT2D eigenvalue weighted by molar-refractivity contribution is 5.95. The van der Waals surface area contributed by atoms with E-state index in [-0.39, 0.29) is 11.7 Å². The summed E-state index contributed by atoms with van der Waals surface area (Å²) < 4.78 is 5.61. The second-order valence-electron chi connectivity index (χ2n) is 5.44. The van der Waals surface area contributed by atoms with Crippen LogP contribution in [0.2, 0.25) is 0 Å². The van der Waals surface area contributed by atoms with Gasteiger partial charge >= 0.3 is 0 Å². The molecular weight excluding hydrogens is 306 g/mol. The molecule has 1 heterocycles. The first-order valence-electron chi connectivity index (χ1n) is 7.56. The molecule has 0 aliphatic rings. The summed E-state index contributed by atoms with van der Waals surface area (Å²) in [4.78, 5) is 31.0. The van der Waals surface area contributed by atoms with Gasteiger partial charge in [0.15, 0.2) is 11.9 Å². The van der Waals surface area contributed by atoms with Gasteiger partial charge < -0.3 is 9.72 Å². The van der Waals surface area contributed by atoms with Gasteiger partial charge in [0.1, 0.15) is 5.75 Å². The van der Waals surface area contributed by atoms with Crippen molar-refractivity contribution in [3.63, 3.8) is 0 Å². The molecule has 0 unspecified atom stereocenters. The monoisotopic (exact) mass is 323 g/mol. The number of carbonyl (C=O) groups excluding carboxylic acids is 2. The largest absolute Gasteiger partial charge is 0.481 e. The van der Waals surface area contributed by atoms with Crippen LogP contribution < -0.4 is 10.1 Å². The standard InChI is InChI=1S/C18H17N3O3/c1-11(22)13-6-5-7-14(10-13)24-12(2)17(23)21-18-19-15-8-3-4-9-16(15)20-18/h3-10,12H,1-2H3,(H2,19,20,21,23)/t12-/m0/s1. The number of benzene rings is 2. The number of hydrogen-bond acceptors (Lipinski definition) is 4. The summed E-state index contributed by atoms with van der Waals surface area (Å²) in [5.74, 6) is 0.450. The number of anilines is 1. The highest BCUT2D eigenvalue weighted by Crippen LogP contribution is 2.17. The third-order valence-electron chi connectivity index (χ3n) is 3.55. The van der Waals surface area contributed by atoms with Crippen molar-refractivity contribution in [3.05, 3.63) is 54.1 Å². The maximum atomic E-state index is 12.2. The Bertz CT molecular complexity index is 868. The summed E-state index contributed by atoms with van der Waals surface area (Å²) >= 11 is 0. The number of para-hydroxylation sites is 2. The van der Waals surface area contributed by atoms with Crippen LogP contribution in [0.5, 0.6) is 5.75 Å². The van der Waals surface area contributed by atoms with Crippen LogP contribution in [0.15, 0.2) is 48.5 Å². The first-order valence-corrected chi connectivity index (χ1v) is 7.56. The number of ether oxygens (including phenoxy) is 1. The lowest BCUT2D eigenvalue weighted by Crippen LogP contribution is -2.30. The highest BCUT2D eigenvalue weighted by atomic mass is 16.5. The van der Waals surface area contributed by atoms with Gasteiger partial charge in [0.2, 0.25) is 5.95 Å². The van der Waals surface area contributed by atoms with Crippen molar-refractivity contribution in [2.24, 2.45) is 0 Å². The molecule has 0 fully saturated rings. The molecule has 0 saturated heterocycles. The van der Waals surface area contributed by atoms with Crippen LogP contribution in [0.4, 0.5) is 5.95 Å². The fourth-order valence-corrected chi connectivity index (χ4v) is 2.28. The molecule has 3 rings (SSSR count). The van der Waals surface area contributed by atoms with Gasteiger partial charge in [-0.1, -0.05) is 24.3 Å². The number of nitrogens with one attached hydrogen (secondary N) is 2. The lowest BCUT2D eigenvalue weighted by molar-refractivity contribution is -0.122. The molecule has 2 N–H and O–H groups in total. The summed E-state index contributed by atoms with van der Waals surface area (Å²) in [6, 6.07) is 14.2. The van der Waals surface area contributed by atoms with Crippen molar-refractivity contribution in [1.82, 2.24) is 9.97 Å². The molecule has 24 heavy (non-hydrogen) atoms. The van der Waals surface area contributed by atoms with Crippen LogP contribution in [0.3, 0.4) is 0 Å². The number of Topliss-reactive ketones (excluding diaryl/α,β-unsaturated/α-hetero) is 1. The molecule has 0 bridgehead atoms. The van der Waals surface area contributed by atoms with E-state index >= 15 is 0 Å². The van der Waals surface area contributed by atoms with E-state index in [9.17, 15) is 9.59 Å². The number of imidazole rings is 1. The highest BCUT2D eigenvalue weighted by Gasteiger charge is 2.17. The van der Waals surface area contributed by atoms with Crippen LogP contribution in [0.1, 0.15) is 24.2 Å². The van der Waals surface area contributed by atoms with Gasteiger partial charge in [0.25, 0.3) is 5.91 Å². The Labute approximate surface area is 138 Å². The number of aromatic nitrogens is 2. The van der Waals surface area contributed by atoms with E-state index in [0.29, 0.717) is 17.3 Å². The van der Waals surface area contributed by atoms with Crippen molar-refractivity contribution >= 4 is 28.7 Å². The molecule has 0 aliphatic heterocycles. The second-order valence-corrected chi connectivity index (χ2v) is 5.44. The predicted octanol–water partition coefficient (Wildman–Crippen LogP) is 3.17. The fourth-order valence-electron chi connectivity index (χ4n) is 2.28. The number of carbonyl (C=O) groups is 2. The molecule has 1 atom stereocenters. The minimum Gasteiger partial charge on any atom is -0.481 e. The van der Waals surface area contributed by atoms with E-state index in [1.165, 1.54) is 6.92 Å². The average molecular weight is 323 g/mol. The molecule has 2 aromatic carbocycles. The van der Waals surface area contributed by atoms with Crippen LogP contribution in [0.25, 0.3) is 11.0 Å². The zero-order chi connectivity index (χ0) is 17.1. The third-order valence-corrected chi connectivity index (χ3v) is 3.55. The number of hydrogen-bond donors (Lipinski definition) is 2. The number of ketones is 1. The second kappa shape index (κ2) is 6.54. The zero-order valence-electron chi connectivity index (χ0n) is 13.4. The Morgan fingerprint density at radius 1 is 1.17 bits per heavy atom. The number of rotatable bonds is 5. The van der Waals surface area contributed by atoms with E-state index in [4.69, 9.17) is 4.74 Å². The maximum Gasteiger partial charge on any atom is 0.267 e. The topological polar surface area (TPSA) is 84.1 Å². The van der Waals surface area contributed by atoms with Crippen molar-refractivity contribution in [3.8, 4) is 5.75 Å². The van der Waals surface area contributed by atoms with E-state index in [2.05, 4.69) is 15.3 Å². The van der Waals surface area contributed by atoms with Gasteiger partial charge in [0, 0.05) is 5.56 Å². The molecule has 0 saturated carbocycles. The molecule has 0 aliphatic carbocycles. The third kappa shape index (κ3) is 3.43. The smallest absolute Gasteiger partial charge is 0.267 e. The van der Waals surface area contributed by atoms with Crippen LogP contribution in [-0.4, -0.2) is 27.8 Å².